The van der Waals surface area contributed by atoms with Crippen LogP contribution in [0.15, 0.2) is 59.4 Å². The molecule has 0 aliphatic carbocycles. The van der Waals surface area contributed by atoms with Gasteiger partial charge in [0.05, 0.1) is 5.69 Å². The van der Waals surface area contributed by atoms with Crippen LogP contribution in [0.4, 0.5) is 5.69 Å². The van der Waals surface area contributed by atoms with Crippen LogP contribution in [0.3, 0.4) is 0 Å². The molecule has 0 aliphatic rings. The van der Waals surface area contributed by atoms with Crippen LogP contribution < -0.4 is 10.7 Å². The molecule has 2 N–H and O–H groups in total. The Labute approximate surface area is 148 Å². The SMILES string of the molecule is Cc1cc(=O)c(C(=O)Nc2ccc(O)cc2)nn1-c1ccc(Cl)cc1. The van der Waals surface area contributed by atoms with Crippen molar-refractivity contribution in [3.8, 4) is 11.4 Å². The van der Waals surface area contributed by atoms with E-state index in [1.807, 2.05) is 0 Å². The lowest BCUT2D eigenvalue weighted by atomic mass is 10.2. The first kappa shape index (κ1) is 16.7. The zero-order chi connectivity index (χ0) is 18.0. The number of halogens is 1. The number of amides is 1. The molecule has 1 amide bonds. The number of nitrogens with zero attached hydrogens (tertiary/aromatic N) is 2. The molecule has 126 valence electrons. The van der Waals surface area contributed by atoms with E-state index in [4.69, 9.17) is 11.6 Å². The third-order valence-electron chi connectivity index (χ3n) is 3.52. The fraction of sp³-hybridized carbons (Fsp3) is 0.0556. The number of aromatic nitrogens is 2. The summed E-state index contributed by atoms with van der Waals surface area (Å²) in [4.78, 5) is 24.6. The Kier molecular flexibility index (Phi) is 4.54. The zero-order valence-electron chi connectivity index (χ0n) is 13.2. The van der Waals surface area contributed by atoms with Crippen LogP contribution in [0.2, 0.25) is 5.02 Å². The highest BCUT2D eigenvalue weighted by Gasteiger charge is 2.15. The highest BCUT2D eigenvalue weighted by atomic mass is 35.5. The molecule has 3 aromatic rings. The van der Waals surface area contributed by atoms with Crippen molar-refractivity contribution in [1.82, 2.24) is 9.78 Å². The quantitative estimate of drug-likeness (QED) is 0.707. The largest absolute Gasteiger partial charge is 0.508 e. The average molecular weight is 356 g/mol. The van der Waals surface area contributed by atoms with Gasteiger partial charge < -0.3 is 10.4 Å². The van der Waals surface area contributed by atoms with Crippen molar-refractivity contribution >= 4 is 23.2 Å². The topological polar surface area (TPSA) is 84.2 Å². The maximum Gasteiger partial charge on any atom is 0.280 e. The number of aromatic hydroxyl groups is 1. The monoisotopic (exact) mass is 355 g/mol. The van der Waals surface area contributed by atoms with Gasteiger partial charge in [0.2, 0.25) is 5.43 Å². The van der Waals surface area contributed by atoms with Crippen LogP contribution in [0.1, 0.15) is 16.2 Å². The molecule has 1 aromatic heterocycles. The van der Waals surface area contributed by atoms with E-state index < -0.39 is 11.3 Å². The summed E-state index contributed by atoms with van der Waals surface area (Å²) in [7, 11) is 0. The molecule has 0 saturated carbocycles. The summed E-state index contributed by atoms with van der Waals surface area (Å²) in [6.07, 6.45) is 0. The lowest BCUT2D eigenvalue weighted by Crippen LogP contribution is -2.26. The van der Waals surface area contributed by atoms with Crippen molar-refractivity contribution in [2.24, 2.45) is 0 Å². The predicted molar refractivity (Wildman–Crippen MR) is 95.6 cm³/mol. The van der Waals surface area contributed by atoms with Crippen LogP contribution in [0.5, 0.6) is 5.75 Å². The first-order valence-corrected chi connectivity index (χ1v) is 7.79. The van der Waals surface area contributed by atoms with Crippen LogP contribution >= 0.6 is 11.6 Å². The fourth-order valence-electron chi connectivity index (χ4n) is 2.28. The smallest absolute Gasteiger partial charge is 0.280 e. The van der Waals surface area contributed by atoms with E-state index in [-0.39, 0.29) is 11.4 Å². The lowest BCUT2D eigenvalue weighted by molar-refractivity contribution is 0.101. The molecule has 2 aromatic carbocycles. The first-order chi connectivity index (χ1) is 11.9. The number of anilines is 1. The predicted octanol–water partition coefficient (Wildman–Crippen LogP) is 3.15. The van der Waals surface area contributed by atoms with Gasteiger partial charge in [0, 0.05) is 22.5 Å². The summed E-state index contributed by atoms with van der Waals surface area (Å²) in [5, 5.41) is 16.6. The van der Waals surface area contributed by atoms with Gasteiger partial charge in [-0.25, -0.2) is 4.68 Å². The molecule has 6 nitrogen and oxygen atoms in total. The normalized spacial score (nSPS) is 10.5. The van der Waals surface area contributed by atoms with E-state index in [2.05, 4.69) is 10.4 Å². The van der Waals surface area contributed by atoms with E-state index in [9.17, 15) is 14.7 Å². The van der Waals surface area contributed by atoms with Crippen molar-refractivity contribution in [2.75, 3.05) is 5.32 Å². The Bertz CT molecular complexity index is 980. The molecule has 7 heteroatoms. The number of benzene rings is 2. The second kappa shape index (κ2) is 6.78. The standard InChI is InChI=1S/C18H14ClN3O3/c1-11-10-16(24)17(18(25)20-13-4-8-15(23)9-5-13)21-22(11)14-6-2-12(19)3-7-14/h2-10,23H,1H3,(H,20,25). The van der Waals surface area contributed by atoms with Crippen LogP contribution in [0.25, 0.3) is 5.69 Å². The lowest BCUT2D eigenvalue weighted by Gasteiger charge is -2.11. The molecule has 0 fully saturated rings. The second-order valence-electron chi connectivity index (χ2n) is 5.39. The molecular weight excluding hydrogens is 342 g/mol. The Morgan fingerprint density at radius 2 is 1.76 bits per heavy atom. The van der Waals surface area contributed by atoms with Gasteiger partial charge in [0.1, 0.15) is 5.75 Å². The third-order valence-corrected chi connectivity index (χ3v) is 3.77. The van der Waals surface area contributed by atoms with E-state index in [1.165, 1.54) is 35.0 Å². The minimum atomic E-state index is -0.626. The number of nitrogens with one attached hydrogen (secondary N) is 1. The molecule has 0 atom stereocenters. The number of carbonyl (C=O) groups excluding carboxylic acids is 1. The van der Waals surface area contributed by atoms with E-state index in [0.29, 0.717) is 22.1 Å². The maximum absolute atomic E-state index is 12.4. The van der Waals surface area contributed by atoms with Gasteiger partial charge in [-0.05, 0) is 55.5 Å². The highest BCUT2D eigenvalue weighted by molar-refractivity contribution is 6.30. The minimum Gasteiger partial charge on any atom is -0.508 e. The summed E-state index contributed by atoms with van der Waals surface area (Å²) in [5.41, 5.74) is 1.02. The molecule has 0 unspecified atom stereocenters. The molecule has 0 saturated heterocycles. The number of carbonyl (C=O) groups is 1. The summed E-state index contributed by atoms with van der Waals surface area (Å²) in [6.45, 7) is 1.73. The Balaban J connectivity index is 1.97. The Hall–Kier alpha value is -3.12. The summed E-state index contributed by atoms with van der Waals surface area (Å²) < 4.78 is 1.50. The van der Waals surface area contributed by atoms with E-state index >= 15 is 0 Å². The van der Waals surface area contributed by atoms with Crippen LogP contribution in [-0.2, 0) is 0 Å². The Morgan fingerprint density at radius 3 is 2.40 bits per heavy atom. The van der Waals surface area contributed by atoms with Gasteiger partial charge in [0.25, 0.3) is 5.91 Å². The number of hydrogen-bond donors (Lipinski definition) is 2. The number of phenols is 1. The molecule has 0 radical (unpaired) electrons. The van der Waals surface area contributed by atoms with E-state index in [0.717, 1.165) is 0 Å². The maximum atomic E-state index is 12.4. The van der Waals surface area contributed by atoms with Crippen molar-refractivity contribution in [2.45, 2.75) is 6.92 Å². The molecule has 25 heavy (non-hydrogen) atoms. The number of hydrogen-bond acceptors (Lipinski definition) is 4. The van der Waals surface area contributed by atoms with Gasteiger partial charge in [-0.15, -0.1) is 0 Å². The molecule has 0 aliphatic heterocycles. The summed E-state index contributed by atoms with van der Waals surface area (Å²) in [6, 6.07) is 14.2. The zero-order valence-corrected chi connectivity index (χ0v) is 14.0. The molecule has 0 bridgehead atoms. The average Bonchev–Trinajstić information content (AvgIpc) is 2.58. The number of phenolic OH excluding ortho intramolecular Hbond substituents is 1. The Morgan fingerprint density at radius 1 is 1.12 bits per heavy atom. The van der Waals surface area contributed by atoms with Crippen molar-refractivity contribution in [1.29, 1.82) is 0 Å². The van der Waals surface area contributed by atoms with Gasteiger partial charge >= 0.3 is 0 Å². The summed E-state index contributed by atoms with van der Waals surface area (Å²) in [5.74, 6) is -0.546. The number of rotatable bonds is 3. The van der Waals surface area contributed by atoms with Gasteiger partial charge in [-0.3, -0.25) is 9.59 Å². The van der Waals surface area contributed by atoms with Crippen LogP contribution in [0, 0.1) is 6.92 Å². The first-order valence-electron chi connectivity index (χ1n) is 7.41. The highest BCUT2D eigenvalue weighted by Crippen LogP contribution is 2.15. The van der Waals surface area contributed by atoms with Crippen molar-refractivity contribution in [3.63, 3.8) is 0 Å². The third kappa shape index (κ3) is 3.70. The molecule has 0 spiro atoms. The van der Waals surface area contributed by atoms with Crippen molar-refractivity contribution in [3.05, 3.63) is 81.2 Å². The second-order valence-corrected chi connectivity index (χ2v) is 5.82. The molecular formula is C18H14ClN3O3. The molecule has 3 rings (SSSR count). The van der Waals surface area contributed by atoms with Crippen molar-refractivity contribution < 1.29 is 9.90 Å². The minimum absolute atomic E-state index is 0.0801. The van der Waals surface area contributed by atoms with E-state index in [1.54, 1.807) is 31.2 Å². The van der Waals surface area contributed by atoms with Gasteiger partial charge in [-0.2, -0.15) is 5.10 Å². The summed E-state index contributed by atoms with van der Waals surface area (Å²) >= 11 is 5.89. The fourth-order valence-corrected chi connectivity index (χ4v) is 2.41. The number of aryl methyl sites for hydroxylation is 1. The van der Waals surface area contributed by atoms with Gasteiger partial charge in [0.15, 0.2) is 5.69 Å². The van der Waals surface area contributed by atoms with Gasteiger partial charge in [-0.1, -0.05) is 11.6 Å². The van der Waals surface area contributed by atoms with Crippen LogP contribution in [-0.4, -0.2) is 20.8 Å². The molecule has 1 heterocycles.